The van der Waals surface area contributed by atoms with Crippen molar-refractivity contribution in [3.05, 3.63) is 138 Å². The van der Waals surface area contributed by atoms with Gasteiger partial charge in [0.15, 0.2) is 0 Å². The van der Waals surface area contributed by atoms with Gasteiger partial charge in [0.25, 0.3) is 0 Å². The molecule has 4 aromatic carbocycles. The molecule has 0 radical (unpaired) electrons. The van der Waals surface area contributed by atoms with Crippen molar-refractivity contribution in [1.82, 2.24) is 4.90 Å². The predicted molar refractivity (Wildman–Crippen MR) is 247 cm³/mol. The highest BCUT2D eigenvalue weighted by molar-refractivity contribution is 6.03. The van der Waals surface area contributed by atoms with Gasteiger partial charge in [0.2, 0.25) is 11.7 Å². The second kappa shape index (κ2) is 19.8. The number of nitrogens with zero attached hydrogens (tertiary/aromatic N) is 2. The SMILES string of the molecule is C=CCO[C@@]12Oc3ccc(Oc4ccc(-c5ccccc5)cc4)cc3[C@H]3[C@H](CCCCO)[C@@H](CCCCO)C=C(C(=NOC(C)(C)C)C[C@@H]1N(Cc1ccc(F)cc1)C(=O)C1CC1)[C@H]32. The van der Waals surface area contributed by atoms with Gasteiger partial charge in [0.1, 0.15) is 34.7 Å². The molecular weight excluding hydrogens is 808 g/mol. The Morgan fingerprint density at radius 1 is 0.906 bits per heavy atom. The van der Waals surface area contributed by atoms with Crippen molar-refractivity contribution < 1.29 is 38.4 Å². The van der Waals surface area contributed by atoms with Crippen LogP contribution >= 0.6 is 0 Å². The van der Waals surface area contributed by atoms with E-state index in [4.69, 9.17) is 24.2 Å². The molecule has 1 amide bonds. The van der Waals surface area contributed by atoms with Gasteiger partial charge in [0.05, 0.1) is 18.2 Å². The lowest BCUT2D eigenvalue weighted by atomic mass is 9.55. The first-order chi connectivity index (χ1) is 31.0. The molecule has 338 valence electrons. The lowest BCUT2D eigenvalue weighted by Gasteiger charge is -2.60. The molecule has 0 bridgehead atoms. The van der Waals surface area contributed by atoms with Gasteiger partial charge in [0, 0.05) is 43.6 Å². The number of hydrogen-bond acceptors (Lipinski definition) is 8. The van der Waals surface area contributed by atoms with Gasteiger partial charge in [-0.2, -0.15) is 0 Å². The number of aliphatic hydroxyl groups is 2. The van der Waals surface area contributed by atoms with Crippen LogP contribution in [0.2, 0.25) is 0 Å². The topological polar surface area (TPSA) is 110 Å². The van der Waals surface area contributed by atoms with Crippen LogP contribution in [0.5, 0.6) is 17.2 Å². The lowest BCUT2D eigenvalue weighted by Crippen LogP contribution is -2.70. The van der Waals surface area contributed by atoms with E-state index in [9.17, 15) is 19.4 Å². The van der Waals surface area contributed by atoms with E-state index in [1.54, 1.807) is 18.2 Å². The predicted octanol–water partition coefficient (Wildman–Crippen LogP) is 11.2. The number of halogens is 1. The molecule has 9 nitrogen and oxygen atoms in total. The number of allylic oxidation sites excluding steroid dienone is 1. The van der Waals surface area contributed by atoms with E-state index in [1.165, 1.54) is 12.1 Å². The average Bonchev–Trinajstić information content (AvgIpc) is 4.15. The van der Waals surface area contributed by atoms with E-state index in [0.717, 1.165) is 72.1 Å². The van der Waals surface area contributed by atoms with Crippen LogP contribution < -0.4 is 9.47 Å². The van der Waals surface area contributed by atoms with Crippen molar-refractivity contribution >= 4 is 11.6 Å². The van der Waals surface area contributed by atoms with Crippen LogP contribution in [0.4, 0.5) is 4.39 Å². The Bertz CT molecular complexity index is 2280. The molecule has 8 rings (SSSR count). The highest BCUT2D eigenvalue weighted by Gasteiger charge is 2.66. The number of amides is 1. The summed E-state index contributed by atoms with van der Waals surface area (Å²) in [5.74, 6) is -0.392. The van der Waals surface area contributed by atoms with E-state index in [1.807, 2.05) is 68.1 Å². The number of carbonyl (C=O) groups excluding carboxylic acids is 1. The van der Waals surface area contributed by atoms with Crippen LogP contribution in [-0.2, 0) is 20.9 Å². The summed E-state index contributed by atoms with van der Waals surface area (Å²) in [6.07, 6.45) is 10.6. The van der Waals surface area contributed by atoms with Crippen molar-refractivity contribution in [2.24, 2.45) is 28.8 Å². The Hall–Kier alpha value is -5.29. The number of rotatable bonds is 19. The zero-order valence-corrected chi connectivity index (χ0v) is 37.5. The fourth-order valence-electron chi connectivity index (χ4n) is 10.1. The maximum absolute atomic E-state index is 14.8. The first kappa shape index (κ1) is 45.3. The number of aliphatic hydroxyl groups excluding tert-OH is 2. The smallest absolute Gasteiger partial charge is 0.239 e. The Labute approximate surface area is 377 Å². The third kappa shape index (κ3) is 9.99. The molecular formula is C54H63FN2O7. The highest BCUT2D eigenvalue weighted by atomic mass is 19.1. The standard InChI is InChI=1S/C54H63FN2O7/c1-5-31-61-54-49(57(52(60)39-19-20-39)35-36-17-23-41(55)24-18-36)34-47(56-64-53(2,3)4)45-32-40(15-9-11-29-58)44(16-10-12-30-59)50(51(45)54)46-33-43(27-28-48(46)63-54)62-42-25-21-38(22-26-42)37-13-7-6-8-14-37/h5-8,13-14,17-18,21-28,32-33,39-40,44,49-51,58-59H,1,9-12,15-16,19-20,29-31,34-35H2,2-4H3/t40-,44+,49-,50+,51+,54+/m0/s1. The van der Waals surface area contributed by atoms with Crippen molar-refractivity contribution in [2.45, 2.75) is 108 Å². The Kier molecular flexibility index (Phi) is 14.0. The summed E-state index contributed by atoms with van der Waals surface area (Å²) in [6.45, 7) is 10.5. The van der Waals surface area contributed by atoms with Gasteiger partial charge in [-0.3, -0.25) is 4.79 Å². The molecule has 2 N–H and O–H groups in total. The summed E-state index contributed by atoms with van der Waals surface area (Å²) in [7, 11) is 0. The fourth-order valence-corrected chi connectivity index (χ4v) is 10.1. The van der Waals surface area contributed by atoms with Crippen LogP contribution in [0.25, 0.3) is 11.1 Å². The number of hydrogen-bond donors (Lipinski definition) is 2. The third-order valence-corrected chi connectivity index (χ3v) is 13.1. The molecule has 1 aliphatic heterocycles. The summed E-state index contributed by atoms with van der Waals surface area (Å²) in [5, 5.41) is 25.0. The van der Waals surface area contributed by atoms with Gasteiger partial charge in [-0.1, -0.05) is 84.7 Å². The third-order valence-electron chi connectivity index (χ3n) is 13.1. The summed E-state index contributed by atoms with van der Waals surface area (Å²) in [5.41, 5.74) is 5.09. The van der Waals surface area contributed by atoms with Gasteiger partial charge in [-0.05, 0) is 136 Å². The van der Waals surface area contributed by atoms with Crippen LogP contribution in [0.15, 0.2) is 127 Å². The Balaban J connectivity index is 1.30. The molecule has 1 heterocycles. The van der Waals surface area contributed by atoms with E-state index in [2.05, 4.69) is 43.0 Å². The minimum absolute atomic E-state index is 0.00425. The molecule has 4 aromatic rings. The number of oxime groups is 1. The summed E-state index contributed by atoms with van der Waals surface area (Å²) in [4.78, 5) is 23.0. The molecule has 6 atom stereocenters. The van der Waals surface area contributed by atoms with Crippen LogP contribution in [0.1, 0.15) is 95.6 Å². The zero-order valence-electron chi connectivity index (χ0n) is 37.5. The lowest BCUT2D eigenvalue weighted by molar-refractivity contribution is -0.258. The van der Waals surface area contributed by atoms with Crippen LogP contribution in [0.3, 0.4) is 0 Å². The van der Waals surface area contributed by atoms with Gasteiger partial charge >= 0.3 is 0 Å². The van der Waals surface area contributed by atoms with Gasteiger partial charge in [-0.25, -0.2) is 4.39 Å². The quantitative estimate of drug-likeness (QED) is 0.0548. The van der Waals surface area contributed by atoms with E-state index in [-0.39, 0.29) is 68.2 Å². The van der Waals surface area contributed by atoms with Crippen molar-refractivity contribution in [3.63, 3.8) is 0 Å². The zero-order chi connectivity index (χ0) is 44.8. The molecule has 3 aliphatic carbocycles. The summed E-state index contributed by atoms with van der Waals surface area (Å²) >= 11 is 0. The van der Waals surface area contributed by atoms with Crippen molar-refractivity contribution in [1.29, 1.82) is 0 Å². The van der Waals surface area contributed by atoms with Crippen LogP contribution in [0, 0.1) is 29.5 Å². The fraction of sp³-hybridized carbons (Fsp3) is 0.444. The maximum atomic E-state index is 14.8. The average molecular weight is 871 g/mol. The molecule has 0 aromatic heterocycles. The molecule has 0 unspecified atom stereocenters. The molecule has 4 aliphatic rings. The van der Waals surface area contributed by atoms with E-state index >= 15 is 0 Å². The van der Waals surface area contributed by atoms with E-state index in [0.29, 0.717) is 30.1 Å². The first-order valence-electron chi connectivity index (χ1n) is 23.2. The number of unbranched alkanes of at least 4 members (excludes halogenated alkanes) is 2. The Morgan fingerprint density at radius 3 is 2.27 bits per heavy atom. The minimum atomic E-state index is -1.40. The summed E-state index contributed by atoms with van der Waals surface area (Å²) in [6, 6.07) is 30.0. The maximum Gasteiger partial charge on any atom is 0.239 e. The largest absolute Gasteiger partial charge is 0.459 e. The monoisotopic (exact) mass is 870 g/mol. The van der Waals surface area contributed by atoms with E-state index < -0.39 is 23.3 Å². The number of fused-ring (bicyclic) bond motifs is 2. The number of benzene rings is 4. The second-order valence-corrected chi connectivity index (χ2v) is 18.8. The summed E-state index contributed by atoms with van der Waals surface area (Å²) < 4.78 is 35.5. The second-order valence-electron chi connectivity index (χ2n) is 18.8. The van der Waals surface area contributed by atoms with Crippen molar-refractivity contribution in [3.8, 4) is 28.4 Å². The Morgan fingerprint density at radius 2 is 1.59 bits per heavy atom. The van der Waals surface area contributed by atoms with Gasteiger partial charge < -0.3 is 34.2 Å². The molecule has 0 saturated heterocycles. The normalized spacial score (nSPS) is 24.2. The molecule has 64 heavy (non-hydrogen) atoms. The first-order valence-corrected chi connectivity index (χ1v) is 23.2. The number of ether oxygens (including phenoxy) is 3. The van der Waals surface area contributed by atoms with Crippen LogP contribution in [-0.4, -0.2) is 64.0 Å². The highest BCUT2D eigenvalue weighted by Crippen LogP contribution is 2.62. The molecule has 0 spiro atoms. The number of carbonyl (C=O) groups is 1. The molecule has 2 saturated carbocycles. The van der Waals surface area contributed by atoms with Crippen molar-refractivity contribution in [2.75, 3.05) is 19.8 Å². The molecule has 10 heteroatoms. The minimum Gasteiger partial charge on any atom is -0.459 e. The van der Waals surface area contributed by atoms with Gasteiger partial charge in [-0.15, -0.1) is 6.58 Å². The molecule has 2 fully saturated rings.